The average Bonchev–Trinajstić information content (AvgIpc) is 2.96. The summed E-state index contributed by atoms with van der Waals surface area (Å²) in [5.74, 6) is -0.144. The van der Waals surface area contributed by atoms with Crippen LogP contribution in [0.1, 0.15) is 45.4 Å². The van der Waals surface area contributed by atoms with Crippen molar-refractivity contribution in [3.63, 3.8) is 0 Å². The van der Waals surface area contributed by atoms with Gasteiger partial charge in [0.05, 0.1) is 119 Å². The first-order valence-electron chi connectivity index (χ1n) is 14.7. The lowest BCUT2D eigenvalue weighted by Gasteiger charge is -2.09. The van der Waals surface area contributed by atoms with Gasteiger partial charge in [-0.2, -0.15) is 0 Å². The number of hydrogen-bond donors (Lipinski definition) is 0. The largest absolute Gasteiger partial charge is 0.463 e. The fraction of sp³-hybridized carbons (Fsp3) is 0.964. The van der Waals surface area contributed by atoms with E-state index in [-0.39, 0.29) is 12.6 Å². The highest BCUT2D eigenvalue weighted by Crippen LogP contribution is 2.05. The van der Waals surface area contributed by atoms with Crippen molar-refractivity contribution in [1.82, 2.24) is 0 Å². The SMILES string of the molecule is CCCCCCCC(=O)OCCOCCOCCOCCOCCOCCOCCOCCOCCOCCBr. The minimum Gasteiger partial charge on any atom is -0.463 e. The Morgan fingerprint density at radius 2 is 0.725 bits per heavy atom. The summed E-state index contributed by atoms with van der Waals surface area (Å²) in [7, 11) is 0. The molecule has 11 nitrogen and oxygen atoms in total. The molecule has 0 saturated heterocycles. The summed E-state index contributed by atoms with van der Waals surface area (Å²) in [6.45, 7) is 11.9. The Bertz CT molecular complexity index is 489. The molecule has 0 aliphatic rings. The number of alkyl halides is 1. The smallest absolute Gasteiger partial charge is 0.305 e. The van der Waals surface area contributed by atoms with Crippen LogP contribution in [0.5, 0.6) is 0 Å². The van der Waals surface area contributed by atoms with Crippen LogP contribution in [0.3, 0.4) is 0 Å². The van der Waals surface area contributed by atoms with Crippen LogP contribution in [-0.2, 0) is 52.2 Å². The minimum atomic E-state index is -0.144. The first-order valence-corrected chi connectivity index (χ1v) is 15.8. The van der Waals surface area contributed by atoms with Crippen molar-refractivity contribution in [3.05, 3.63) is 0 Å². The van der Waals surface area contributed by atoms with Gasteiger partial charge in [0.15, 0.2) is 0 Å². The van der Waals surface area contributed by atoms with Crippen molar-refractivity contribution >= 4 is 21.9 Å². The molecule has 0 radical (unpaired) electrons. The van der Waals surface area contributed by atoms with Crippen LogP contribution < -0.4 is 0 Å². The highest BCUT2D eigenvalue weighted by molar-refractivity contribution is 9.09. The molecule has 0 fully saturated rings. The fourth-order valence-corrected chi connectivity index (χ4v) is 3.30. The molecule has 240 valence electrons. The summed E-state index contributed by atoms with van der Waals surface area (Å²) in [6.07, 6.45) is 6.09. The maximum atomic E-state index is 11.6. The van der Waals surface area contributed by atoms with Crippen LogP contribution >= 0.6 is 15.9 Å². The molecule has 40 heavy (non-hydrogen) atoms. The summed E-state index contributed by atoms with van der Waals surface area (Å²) in [5, 5.41) is 0.837. The molecule has 0 aliphatic carbocycles. The maximum Gasteiger partial charge on any atom is 0.305 e. The van der Waals surface area contributed by atoms with Gasteiger partial charge in [0, 0.05) is 11.8 Å². The van der Waals surface area contributed by atoms with Gasteiger partial charge in [-0.3, -0.25) is 4.79 Å². The predicted octanol–water partition coefficient (Wildman–Crippen LogP) is 3.43. The van der Waals surface area contributed by atoms with E-state index in [1.165, 1.54) is 19.3 Å². The lowest BCUT2D eigenvalue weighted by atomic mass is 10.1. The van der Waals surface area contributed by atoms with Crippen LogP contribution in [-0.4, -0.2) is 137 Å². The molecular formula is C28H55BrO11. The second kappa shape index (κ2) is 36.6. The maximum absolute atomic E-state index is 11.6. The van der Waals surface area contributed by atoms with Gasteiger partial charge in [0.25, 0.3) is 0 Å². The Balaban J connectivity index is 3.08. The number of unbranched alkanes of at least 4 members (excludes halogenated alkanes) is 4. The zero-order valence-corrected chi connectivity index (χ0v) is 26.3. The number of esters is 1. The van der Waals surface area contributed by atoms with Crippen LogP contribution in [0.25, 0.3) is 0 Å². The quantitative estimate of drug-likeness (QED) is 0.0574. The van der Waals surface area contributed by atoms with Gasteiger partial charge in [-0.15, -0.1) is 0 Å². The summed E-state index contributed by atoms with van der Waals surface area (Å²) in [6, 6.07) is 0. The minimum absolute atomic E-state index is 0.144. The molecule has 0 aromatic heterocycles. The average molecular weight is 648 g/mol. The Hall–Kier alpha value is -0.410. The molecule has 0 atom stereocenters. The number of carbonyl (C=O) groups excluding carboxylic acids is 1. The van der Waals surface area contributed by atoms with Crippen molar-refractivity contribution in [2.75, 3.05) is 131 Å². The van der Waals surface area contributed by atoms with Crippen molar-refractivity contribution < 1.29 is 52.2 Å². The van der Waals surface area contributed by atoms with Crippen molar-refractivity contribution in [2.24, 2.45) is 0 Å². The summed E-state index contributed by atoms with van der Waals surface area (Å²) in [4.78, 5) is 11.6. The Morgan fingerprint density at radius 3 is 1.05 bits per heavy atom. The first-order chi connectivity index (χ1) is 19.8. The molecule has 0 rings (SSSR count). The van der Waals surface area contributed by atoms with Crippen LogP contribution in [0.15, 0.2) is 0 Å². The second-order valence-corrected chi connectivity index (χ2v) is 9.38. The van der Waals surface area contributed by atoms with E-state index in [4.69, 9.17) is 47.4 Å². The third kappa shape index (κ3) is 35.6. The second-order valence-electron chi connectivity index (χ2n) is 8.59. The molecule has 0 bridgehead atoms. The van der Waals surface area contributed by atoms with E-state index in [0.717, 1.165) is 18.2 Å². The number of ether oxygens (including phenoxy) is 10. The van der Waals surface area contributed by atoms with Crippen molar-refractivity contribution in [3.8, 4) is 0 Å². The van der Waals surface area contributed by atoms with Crippen molar-refractivity contribution in [2.45, 2.75) is 45.4 Å². The molecule has 0 aromatic rings. The molecule has 0 unspecified atom stereocenters. The third-order valence-electron chi connectivity index (χ3n) is 5.17. The molecule has 0 N–H and O–H groups in total. The van der Waals surface area contributed by atoms with Gasteiger partial charge in [0.2, 0.25) is 0 Å². The van der Waals surface area contributed by atoms with Crippen molar-refractivity contribution in [1.29, 1.82) is 0 Å². The topological polar surface area (TPSA) is 109 Å². The van der Waals surface area contributed by atoms with Gasteiger partial charge < -0.3 is 47.4 Å². The highest BCUT2D eigenvalue weighted by atomic mass is 79.9. The third-order valence-corrected chi connectivity index (χ3v) is 5.50. The van der Waals surface area contributed by atoms with Gasteiger partial charge >= 0.3 is 5.97 Å². The van der Waals surface area contributed by atoms with E-state index < -0.39 is 0 Å². The first kappa shape index (κ1) is 39.6. The van der Waals surface area contributed by atoms with E-state index in [2.05, 4.69) is 22.9 Å². The monoisotopic (exact) mass is 646 g/mol. The Labute approximate surface area is 250 Å². The molecule has 12 heteroatoms. The molecule has 0 aliphatic heterocycles. The molecule has 0 spiro atoms. The van der Waals surface area contributed by atoms with E-state index >= 15 is 0 Å². The number of halogens is 1. The highest BCUT2D eigenvalue weighted by Gasteiger charge is 2.02. The normalized spacial score (nSPS) is 11.3. The summed E-state index contributed by atoms with van der Waals surface area (Å²) < 4.78 is 53.9. The molecular weight excluding hydrogens is 592 g/mol. The molecule has 0 saturated carbocycles. The van der Waals surface area contributed by atoms with Gasteiger partial charge in [-0.25, -0.2) is 0 Å². The van der Waals surface area contributed by atoms with E-state index in [1.54, 1.807) is 0 Å². The van der Waals surface area contributed by atoms with E-state index in [0.29, 0.717) is 125 Å². The standard InChI is InChI=1S/C28H55BrO11/c1-2-3-4-5-6-7-28(30)40-27-26-39-25-24-38-23-22-37-21-20-36-19-18-35-17-16-34-15-14-33-13-12-32-11-10-31-9-8-29/h2-27H2,1H3. The summed E-state index contributed by atoms with van der Waals surface area (Å²) >= 11 is 3.30. The van der Waals surface area contributed by atoms with Crippen LogP contribution in [0, 0.1) is 0 Å². The van der Waals surface area contributed by atoms with Crippen LogP contribution in [0.2, 0.25) is 0 Å². The van der Waals surface area contributed by atoms with E-state index in [9.17, 15) is 4.79 Å². The molecule has 0 amide bonds. The zero-order chi connectivity index (χ0) is 29.0. The molecule has 0 heterocycles. The predicted molar refractivity (Wildman–Crippen MR) is 155 cm³/mol. The Kier molecular flexibility index (Phi) is 36.2. The van der Waals surface area contributed by atoms with Gasteiger partial charge in [-0.1, -0.05) is 48.5 Å². The number of carbonyl (C=O) groups is 1. The lowest BCUT2D eigenvalue weighted by Crippen LogP contribution is -2.15. The number of rotatable bonds is 35. The fourth-order valence-electron chi connectivity index (χ4n) is 3.08. The Morgan fingerprint density at radius 1 is 0.425 bits per heavy atom. The zero-order valence-electron chi connectivity index (χ0n) is 24.8. The lowest BCUT2D eigenvalue weighted by molar-refractivity contribution is -0.145. The van der Waals surface area contributed by atoms with E-state index in [1.807, 2.05) is 0 Å². The number of hydrogen-bond acceptors (Lipinski definition) is 11. The summed E-state index contributed by atoms with van der Waals surface area (Å²) in [5.41, 5.74) is 0. The van der Waals surface area contributed by atoms with Crippen LogP contribution in [0.4, 0.5) is 0 Å². The van der Waals surface area contributed by atoms with Gasteiger partial charge in [0.1, 0.15) is 6.61 Å². The molecule has 0 aromatic carbocycles. The van der Waals surface area contributed by atoms with Gasteiger partial charge in [-0.05, 0) is 6.42 Å².